The van der Waals surface area contributed by atoms with Gasteiger partial charge in [-0.3, -0.25) is 0 Å². The molecule has 0 fully saturated rings. The van der Waals surface area contributed by atoms with Gasteiger partial charge in [-0.05, 0) is 82.6 Å². The Morgan fingerprint density at radius 1 is 0.800 bits per heavy atom. The summed E-state index contributed by atoms with van der Waals surface area (Å²) >= 11 is 0. The van der Waals surface area contributed by atoms with Crippen molar-refractivity contribution in [2.24, 2.45) is 0 Å². The predicted octanol–water partition coefficient (Wildman–Crippen LogP) is 6.21. The number of rotatable bonds is 12. The van der Waals surface area contributed by atoms with E-state index < -0.39 is 16.8 Å². The lowest BCUT2D eigenvalue weighted by molar-refractivity contribution is -0.0893. The Bertz CT molecular complexity index is 975. The number of aliphatic hydroxyl groups is 2. The molecule has 0 aliphatic rings. The SMILES string of the molecule is CCC(O)(/C=C/c1ccc(C(CC)(CC)c2ccc(BOC(C)(C)C(C)(C)O)cc2)cc1C)CC. The van der Waals surface area contributed by atoms with Crippen LogP contribution in [-0.4, -0.2) is 34.5 Å². The molecule has 3 nitrogen and oxygen atoms in total. The van der Waals surface area contributed by atoms with E-state index in [0.717, 1.165) is 23.9 Å². The third-order valence-corrected chi connectivity index (χ3v) is 8.41. The van der Waals surface area contributed by atoms with E-state index in [1.54, 1.807) is 13.8 Å². The van der Waals surface area contributed by atoms with Crippen LogP contribution < -0.4 is 5.46 Å². The zero-order chi connectivity index (χ0) is 26.5. The van der Waals surface area contributed by atoms with Crippen LogP contribution in [0, 0.1) is 6.92 Å². The molecule has 0 aliphatic carbocycles. The molecule has 35 heavy (non-hydrogen) atoms. The van der Waals surface area contributed by atoms with Crippen LogP contribution in [0.3, 0.4) is 0 Å². The van der Waals surface area contributed by atoms with Gasteiger partial charge >= 0.3 is 7.48 Å². The Balaban J connectivity index is 2.32. The molecule has 4 heteroatoms. The second-order valence-electron chi connectivity index (χ2n) is 11.1. The summed E-state index contributed by atoms with van der Waals surface area (Å²) in [5.41, 5.74) is 3.74. The monoisotopic (exact) mass is 478 g/mol. The fourth-order valence-corrected chi connectivity index (χ4v) is 4.48. The van der Waals surface area contributed by atoms with Crippen LogP contribution in [-0.2, 0) is 10.1 Å². The second kappa shape index (κ2) is 11.5. The largest absolute Gasteiger partial charge is 0.427 e. The molecule has 192 valence electrons. The molecular weight excluding hydrogens is 431 g/mol. The van der Waals surface area contributed by atoms with E-state index in [1.807, 2.05) is 33.8 Å². The predicted molar refractivity (Wildman–Crippen MR) is 152 cm³/mol. The lowest BCUT2D eigenvalue weighted by Gasteiger charge is -2.37. The zero-order valence-corrected chi connectivity index (χ0v) is 23.5. The number of aryl methyl sites for hydroxylation is 1. The van der Waals surface area contributed by atoms with Crippen molar-refractivity contribution in [3.63, 3.8) is 0 Å². The van der Waals surface area contributed by atoms with E-state index in [-0.39, 0.29) is 5.41 Å². The zero-order valence-electron chi connectivity index (χ0n) is 23.5. The normalized spacial score (nSPS) is 13.5. The van der Waals surface area contributed by atoms with E-state index in [4.69, 9.17) is 4.65 Å². The summed E-state index contributed by atoms with van der Waals surface area (Å²) in [6.45, 7) is 18.1. The maximum atomic E-state index is 10.6. The molecule has 0 aromatic heterocycles. The van der Waals surface area contributed by atoms with Gasteiger partial charge in [0.2, 0.25) is 0 Å². The van der Waals surface area contributed by atoms with Crippen LogP contribution in [0.4, 0.5) is 0 Å². The molecule has 0 unspecified atom stereocenters. The Labute approximate surface area is 214 Å². The molecule has 0 saturated carbocycles. The second-order valence-corrected chi connectivity index (χ2v) is 11.1. The van der Waals surface area contributed by atoms with Crippen molar-refractivity contribution in [3.05, 3.63) is 70.8 Å². The molecule has 2 rings (SSSR count). The summed E-state index contributed by atoms with van der Waals surface area (Å²) in [6.07, 6.45) is 7.44. The van der Waals surface area contributed by atoms with Crippen LogP contribution in [0.5, 0.6) is 0 Å². The van der Waals surface area contributed by atoms with Crippen molar-refractivity contribution in [3.8, 4) is 0 Å². The minimum Gasteiger partial charge on any atom is -0.427 e. The Kier molecular flexibility index (Phi) is 9.61. The van der Waals surface area contributed by atoms with Crippen LogP contribution >= 0.6 is 0 Å². The highest BCUT2D eigenvalue weighted by molar-refractivity contribution is 6.47. The molecule has 0 amide bonds. The minimum atomic E-state index is -0.919. The Hall–Kier alpha value is -1.88. The van der Waals surface area contributed by atoms with Gasteiger partial charge in [-0.15, -0.1) is 0 Å². The molecule has 0 heterocycles. The van der Waals surface area contributed by atoms with Crippen molar-refractivity contribution in [2.75, 3.05) is 0 Å². The third kappa shape index (κ3) is 6.67. The van der Waals surface area contributed by atoms with Gasteiger partial charge in [0.25, 0.3) is 0 Å². The number of hydrogen-bond acceptors (Lipinski definition) is 3. The van der Waals surface area contributed by atoms with Gasteiger partial charge in [-0.2, -0.15) is 0 Å². The van der Waals surface area contributed by atoms with Crippen molar-refractivity contribution < 1.29 is 14.9 Å². The fourth-order valence-electron chi connectivity index (χ4n) is 4.48. The molecule has 2 aromatic carbocycles. The quantitative estimate of drug-likeness (QED) is 0.357. The summed E-state index contributed by atoms with van der Waals surface area (Å²) in [5.74, 6) is 0. The van der Waals surface area contributed by atoms with Gasteiger partial charge in [0.1, 0.15) is 0 Å². The van der Waals surface area contributed by atoms with E-state index in [0.29, 0.717) is 20.3 Å². The smallest absolute Gasteiger partial charge is 0.309 e. The molecule has 0 saturated heterocycles. The maximum absolute atomic E-state index is 10.6. The van der Waals surface area contributed by atoms with Crippen molar-refractivity contribution in [1.82, 2.24) is 0 Å². The van der Waals surface area contributed by atoms with Gasteiger partial charge in [0.05, 0.1) is 16.8 Å². The van der Waals surface area contributed by atoms with E-state index >= 15 is 0 Å². The van der Waals surface area contributed by atoms with Crippen LogP contribution in [0.2, 0.25) is 0 Å². The standard InChI is InChI=1S/C31H47BO3/c1-10-30(34,11-2)21-20-24-14-15-26(22-23(24)5)31(12-3,13-4)25-16-18-27(19-17-25)32-35-29(8,9)28(6,7)33/h14-22,32-34H,10-13H2,1-9H3/b21-20+. The van der Waals surface area contributed by atoms with Crippen LogP contribution in [0.25, 0.3) is 6.08 Å². The van der Waals surface area contributed by atoms with Crippen LogP contribution in [0.1, 0.15) is 103 Å². The highest BCUT2D eigenvalue weighted by Crippen LogP contribution is 2.39. The lowest BCUT2D eigenvalue weighted by Crippen LogP contribution is -2.49. The Morgan fingerprint density at radius 2 is 1.34 bits per heavy atom. The number of benzene rings is 2. The molecule has 0 radical (unpaired) electrons. The van der Waals surface area contributed by atoms with E-state index in [9.17, 15) is 10.2 Å². The first kappa shape index (κ1) is 29.4. The first-order valence-electron chi connectivity index (χ1n) is 13.3. The average molecular weight is 479 g/mol. The van der Waals surface area contributed by atoms with Gasteiger partial charge in [0, 0.05) is 5.41 Å². The molecule has 0 spiro atoms. The summed E-state index contributed by atoms with van der Waals surface area (Å²) < 4.78 is 6.06. The fraction of sp³-hybridized carbons (Fsp3) is 0.548. The first-order chi connectivity index (χ1) is 16.3. The number of hydrogen-bond donors (Lipinski definition) is 2. The summed E-state index contributed by atoms with van der Waals surface area (Å²) in [4.78, 5) is 0. The molecule has 2 N–H and O–H groups in total. The molecule has 0 aliphatic heterocycles. The minimum absolute atomic E-state index is 0.0632. The van der Waals surface area contributed by atoms with E-state index in [1.165, 1.54) is 16.7 Å². The maximum Gasteiger partial charge on any atom is 0.309 e. The molecule has 2 aromatic rings. The highest BCUT2D eigenvalue weighted by Gasteiger charge is 2.36. The van der Waals surface area contributed by atoms with Gasteiger partial charge < -0.3 is 14.9 Å². The molecule has 0 atom stereocenters. The third-order valence-electron chi connectivity index (χ3n) is 8.41. The average Bonchev–Trinajstić information content (AvgIpc) is 2.83. The highest BCUT2D eigenvalue weighted by atomic mass is 16.5. The molecular formula is C31H47BO3. The molecule has 0 bridgehead atoms. The van der Waals surface area contributed by atoms with Crippen molar-refractivity contribution in [2.45, 2.75) is 110 Å². The summed E-state index contributed by atoms with van der Waals surface area (Å²) in [7, 11) is 0.463. The summed E-state index contributed by atoms with van der Waals surface area (Å²) in [6, 6.07) is 15.5. The van der Waals surface area contributed by atoms with Crippen LogP contribution in [0.15, 0.2) is 48.5 Å². The van der Waals surface area contributed by atoms with Crippen molar-refractivity contribution >= 4 is 19.0 Å². The van der Waals surface area contributed by atoms with Gasteiger partial charge in [-0.1, -0.05) is 87.8 Å². The van der Waals surface area contributed by atoms with Crippen molar-refractivity contribution in [1.29, 1.82) is 0 Å². The topological polar surface area (TPSA) is 49.7 Å². The van der Waals surface area contributed by atoms with Gasteiger partial charge in [-0.25, -0.2) is 0 Å². The van der Waals surface area contributed by atoms with E-state index in [2.05, 4.69) is 69.3 Å². The van der Waals surface area contributed by atoms with Gasteiger partial charge in [0.15, 0.2) is 0 Å². The lowest BCUT2D eigenvalue weighted by atomic mass is 9.69. The summed E-state index contributed by atoms with van der Waals surface area (Å²) in [5, 5.41) is 21.0. The Morgan fingerprint density at radius 3 is 1.80 bits per heavy atom. The first-order valence-corrected chi connectivity index (χ1v) is 13.3.